The molecule has 25 heteroatoms. The van der Waals surface area contributed by atoms with Crippen molar-refractivity contribution in [2.45, 2.75) is 56.2 Å². The molecule has 0 saturated heterocycles. The van der Waals surface area contributed by atoms with Crippen molar-refractivity contribution in [1.29, 1.82) is 0 Å². The van der Waals surface area contributed by atoms with Gasteiger partial charge in [-0.15, -0.1) is 10.2 Å². The Labute approximate surface area is 557 Å². The van der Waals surface area contributed by atoms with Crippen LogP contribution >= 0.6 is 0 Å². The molecule has 0 fully saturated rings. The van der Waals surface area contributed by atoms with Gasteiger partial charge in [-0.3, -0.25) is 13.7 Å². The summed E-state index contributed by atoms with van der Waals surface area (Å²) >= 11 is 0. The summed E-state index contributed by atoms with van der Waals surface area (Å²) < 4.78 is 101. The van der Waals surface area contributed by atoms with Crippen LogP contribution in [0.3, 0.4) is 0 Å². The number of nitrogens with two attached hydrogens (primary N) is 3. The number of fused-ring (bicyclic) bond motifs is 2. The zero-order valence-electron chi connectivity index (χ0n) is 52.9. The van der Waals surface area contributed by atoms with Crippen molar-refractivity contribution in [2.24, 2.45) is 42.4 Å². The van der Waals surface area contributed by atoms with Gasteiger partial charge in [-0.1, -0.05) is 140 Å². The Bertz CT molecular complexity index is 4880. The Kier molecular flexibility index (Phi) is 23.2. The lowest BCUT2D eigenvalue weighted by Gasteiger charge is -2.14. The highest BCUT2D eigenvalue weighted by atomic mass is 32.2. The molecule has 11 rings (SSSR count). The van der Waals surface area contributed by atoms with Gasteiger partial charge in [-0.2, -0.15) is 25.3 Å². The van der Waals surface area contributed by atoms with Crippen molar-refractivity contribution in [1.82, 2.24) is 0 Å². The number of hydrogen-bond donors (Lipinski definition) is 11. The molecule has 0 aliphatic heterocycles. The van der Waals surface area contributed by atoms with E-state index in [9.17, 15) is 44.0 Å². The molecule has 0 amide bonds. The molecule has 11 aromatic carbocycles. The lowest BCUT2D eigenvalue weighted by Crippen LogP contribution is -2.22. The van der Waals surface area contributed by atoms with Crippen molar-refractivity contribution in [2.75, 3.05) is 21.3 Å². The molecule has 0 aliphatic rings. The number of anilines is 5. The molecule has 22 nitrogen and oxygen atoms in total. The number of nitrogens with zero attached hydrogens (tertiary/aromatic N) is 5. The number of aliphatic imine (C=N–C) groups is 3. The Morgan fingerprint density at radius 2 is 0.729 bits per heavy atom. The highest BCUT2D eigenvalue weighted by Gasteiger charge is 2.22. The molecule has 0 heterocycles. The van der Waals surface area contributed by atoms with E-state index in [0.29, 0.717) is 29.3 Å². The summed E-state index contributed by atoms with van der Waals surface area (Å²) in [6.45, 7) is 12.1. The largest absolute Gasteiger partial charge is 0.507 e. The molecule has 0 atom stereocenters. The number of rotatable bonds is 13. The van der Waals surface area contributed by atoms with Crippen molar-refractivity contribution < 1.29 is 44.0 Å². The molecule has 0 radical (unpaired) electrons. The molecule has 0 aromatic heterocycles. The van der Waals surface area contributed by atoms with Crippen LogP contribution in [0, 0.1) is 41.5 Å². The monoisotopic (exact) mass is 1350 g/mol. The van der Waals surface area contributed by atoms with E-state index in [1.165, 1.54) is 30.3 Å². The third-order valence-electron chi connectivity index (χ3n) is 14.4. The Morgan fingerprint density at radius 3 is 1.12 bits per heavy atom. The van der Waals surface area contributed by atoms with Crippen LogP contribution in [-0.2, 0) is 30.4 Å². The van der Waals surface area contributed by atoms with Crippen LogP contribution in [0.2, 0.25) is 0 Å². The molecule has 0 bridgehead atoms. The molecular weight excluding hydrogens is 1280 g/mol. The summed E-state index contributed by atoms with van der Waals surface area (Å²) in [7, 11) is -14.4. The van der Waals surface area contributed by atoms with Crippen LogP contribution in [0.5, 0.6) is 5.75 Å². The van der Waals surface area contributed by atoms with Crippen LogP contribution in [-0.4, -0.2) is 61.9 Å². The molecule has 0 saturated carbocycles. The summed E-state index contributed by atoms with van der Waals surface area (Å²) in [5, 5.41) is 31.1. The maximum atomic E-state index is 12.3. The number of hydrogen-bond acceptors (Lipinski definition) is 13. The second-order valence-electron chi connectivity index (χ2n) is 21.6. The standard InChI is InChI=1S/C26H19N3O10S3.3C15H17N3/c30-23-14-18(41(34,35)36)12-15-11-17(40(31,32)33)13-22(25(15)23)29-28-20-9-10-21(27-16-5-2-1-3-6-16)26-19(20)7-4-8-24(26)42(37,38)39;3*1-11-7-3-5-9-13(11)17-15(16)18-14-10-6-4-8-12(14)2/h1-14,27,30H,(H,31,32,33)(H,34,35,36)(H,37,38,39);3*3-10H,1-2H3,(H3,16,17,18). The van der Waals surface area contributed by atoms with E-state index in [1.807, 2.05) is 187 Å². The SMILES string of the molecule is Cc1ccccc1N=C(N)Nc1ccccc1C.Cc1ccccc1N=C(N)Nc1ccccc1C.Cc1ccccc1N=C(N)Nc1ccccc1C.O=S(=O)(O)c1cc(O)c2c(N=Nc3ccc(Nc4ccccc4)c4c(S(=O)(=O)O)cccc34)cc(S(=O)(=O)O)cc2c1. The predicted octanol–water partition coefficient (Wildman–Crippen LogP) is 15.7. The average Bonchev–Trinajstić information content (AvgIpc) is 0.768. The summed E-state index contributed by atoms with van der Waals surface area (Å²) in [6.07, 6.45) is 0. The Balaban J connectivity index is 0.000000181. The van der Waals surface area contributed by atoms with E-state index in [0.717, 1.165) is 91.8 Å². The number of nitrogens with one attached hydrogen (secondary N) is 4. The maximum absolute atomic E-state index is 12.3. The molecule has 96 heavy (non-hydrogen) atoms. The Hall–Kier alpha value is -11.3. The number of benzene rings is 11. The van der Waals surface area contributed by atoms with E-state index in [1.54, 1.807) is 30.3 Å². The smallest absolute Gasteiger partial charge is 0.295 e. The fourth-order valence-electron chi connectivity index (χ4n) is 9.44. The first kappa shape index (κ1) is 70.5. The zero-order chi connectivity index (χ0) is 69.3. The van der Waals surface area contributed by atoms with Gasteiger partial charge in [0, 0.05) is 45.3 Å². The lowest BCUT2D eigenvalue weighted by atomic mass is 10.1. The first-order chi connectivity index (χ1) is 45.6. The van der Waals surface area contributed by atoms with Gasteiger partial charge in [0.2, 0.25) is 0 Å². The topological polar surface area (TPSA) is 371 Å². The Morgan fingerprint density at radius 1 is 0.354 bits per heavy atom. The van der Waals surface area contributed by atoms with E-state index >= 15 is 0 Å². The third kappa shape index (κ3) is 19.4. The number of phenols is 1. The second-order valence-corrected chi connectivity index (χ2v) is 25.8. The quantitative estimate of drug-likeness (QED) is 0.0221. The highest BCUT2D eigenvalue weighted by Crippen LogP contribution is 2.42. The molecule has 14 N–H and O–H groups in total. The number of para-hydroxylation sites is 7. The normalized spacial score (nSPS) is 11.9. The van der Waals surface area contributed by atoms with Gasteiger partial charge in [0.1, 0.15) is 10.6 Å². The highest BCUT2D eigenvalue weighted by molar-refractivity contribution is 7.86. The van der Waals surface area contributed by atoms with Crippen molar-refractivity contribution in [3.63, 3.8) is 0 Å². The third-order valence-corrected chi connectivity index (χ3v) is 17.0. The van der Waals surface area contributed by atoms with Gasteiger partial charge in [0.15, 0.2) is 17.9 Å². The predicted molar refractivity (Wildman–Crippen MR) is 385 cm³/mol. The average molecular weight is 1350 g/mol. The first-order valence-electron chi connectivity index (χ1n) is 29.3. The van der Waals surface area contributed by atoms with Crippen LogP contribution in [0.4, 0.5) is 56.9 Å². The fraction of sp³-hybridized carbons (Fsp3) is 0.0845. The van der Waals surface area contributed by atoms with E-state index in [2.05, 4.69) is 46.5 Å². The van der Waals surface area contributed by atoms with Gasteiger partial charge in [-0.05, 0) is 165 Å². The molecule has 0 unspecified atom stereocenters. The summed E-state index contributed by atoms with van der Waals surface area (Å²) in [5.41, 5.74) is 30.7. The number of guanidine groups is 3. The molecule has 0 aliphatic carbocycles. The number of phenolic OH excluding ortho intramolecular Hbond substituents is 1. The zero-order valence-corrected chi connectivity index (χ0v) is 55.3. The van der Waals surface area contributed by atoms with Crippen molar-refractivity contribution in [3.05, 3.63) is 264 Å². The van der Waals surface area contributed by atoms with Gasteiger partial charge in [-0.25, -0.2) is 15.0 Å². The van der Waals surface area contributed by atoms with E-state index in [4.69, 9.17) is 17.2 Å². The van der Waals surface area contributed by atoms with Gasteiger partial charge in [0.05, 0.1) is 43.6 Å². The van der Waals surface area contributed by atoms with Crippen LogP contribution in [0.1, 0.15) is 33.4 Å². The summed E-state index contributed by atoms with van der Waals surface area (Å²) in [4.78, 5) is 11.3. The van der Waals surface area contributed by atoms with Crippen LogP contribution in [0.25, 0.3) is 21.5 Å². The number of aromatic hydroxyl groups is 1. The summed E-state index contributed by atoms with van der Waals surface area (Å²) in [5.74, 6) is 0.507. The van der Waals surface area contributed by atoms with Gasteiger partial charge >= 0.3 is 0 Å². The van der Waals surface area contributed by atoms with Crippen molar-refractivity contribution in [3.8, 4) is 5.75 Å². The molecular formula is C71H70N12O10S3. The maximum Gasteiger partial charge on any atom is 0.295 e. The second kappa shape index (κ2) is 31.5. The summed E-state index contributed by atoms with van der Waals surface area (Å²) in [6, 6.07) is 66.8. The minimum atomic E-state index is -4.85. The lowest BCUT2D eigenvalue weighted by molar-refractivity contribution is 0.471. The molecule has 492 valence electrons. The number of azo groups is 1. The molecule has 0 spiro atoms. The first-order valence-corrected chi connectivity index (χ1v) is 33.6. The van der Waals surface area contributed by atoms with Gasteiger partial charge in [0.25, 0.3) is 30.4 Å². The van der Waals surface area contributed by atoms with Crippen LogP contribution < -0.4 is 38.5 Å². The van der Waals surface area contributed by atoms with Crippen LogP contribution in [0.15, 0.2) is 270 Å². The molecule has 11 aromatic rings. The fourth-order valence-corrected chi connectivity index (χ4v) is 11.2. The number of aryl methyl sites for hydroxylation is 6. The van der Waals surface area contributed by atoms with E-state index in [-0.39, 0.29) is 32.9 Å². The van der Waals surface area contributed by atoms with Crippen molar-refractivity contribution >= 4 is 127 Å². The minimum absolute atomic E-state index is 0.0635. The van der Waals surface area contributed by atoms with E-state index < -0.39 is 50.8 Å². The van der Waals surface area contributed by atoms with Gasteiger partial charge < -0.3 is 43.6 Å². The minimum Gasteiger partial charge on any atom is -0.507 e.